The van der Waals surface area contributed by atoms with E-state index >= 15 is 0 Å². The minimum Gasteiger partial charge on any atom is -0.274 e. The van der Waals surface area contributed by atoms with Gasteiger partial charge in [-0.1, -0.05) is 66.7 Å². The SMILES string of the molecule is C[C@@]12C(=O)N(c3cccc(C(F)(F)F)c3)C(=O)[C@@H]1C2(c1ccccc1)c1ccccc1. The second-order valence-corrected chi connectivity index (χ2v) is 8.20. The monoisotopic (exact) mass is 421 g/mol. The van der Waals surface area contributed by atoms with Crippen molar-refractivity contribution < 1.29 is 22.8 Å². The summed E-state index contributed by atoms with van der Waals surface area (Å²) in [6.07, 6.45) is -4.56. The summed E-state index contributed by atoms with van der Waals surface area (Å²) in [6, 6.07) is 23.1. The highest BCUT2D eigenvalue weighted by atomic mass is 19.4. The molecule has 0 spiro atoms. The number of carbonyl (C=O) groups is 2. The number of hydrogen-bond acceptors (Lipinski definition) is 2. The average molecular weight is 421 g/mol. The number of nitrogens with zero attached hydrogens (tertiary/aromatic N) is 1. The fourth-order valence-electron chi connectivity index (χ4n) is 5.37. The van der Waals surface area contributed by atoms with Gasteiger partial charge in [0.05, 0.1) is 22.6 Å². The Bertz CT molecular complexity index is 1150. The van der Waals surface area contributed by atoms with Gasteiger partial charge in [-0.25, -0.2) is 4.90 Å². The number of anilines is 1. The second kappa shape index (κ2) is 6.30. The molecule has 3 nitrogen and oxygen atoms in total. The second-order valence-electron chi connectivity index (χ2n) is 8.20. The van der Waals surface area contributed by atoms with Crippen LogP contribution in [0.15, 0.2) is 84.9 Å². The van der Waals surface area contributed by atoms with Crippen molar-refractivity contribution in [2.24, 2.45) is 11.3 Å². The molecule has 1 saturated heterocycles. The van der Waals surface area contributed by atoms with Gasteiger partial charge in [-0.2, -0.15) is 13.2 Å². The van der Waals surface area contributed by atoms with Crippen molar-refractivity contribution in [3.05, 3.63) is 102 Å². The molecule has 2 fully saturated rings. The minimum absolute atomic E-state index is 0.0479. The Hall–Kier alpha value is -3.41. The molecule has 1 aliphatic heterocycles. The van der Waals surface area contributed by atoms with E-state index in [1.54, 1.807) is 6.92 Å². The van der Waals surface area contributed by atoms with Crippen LogP contribution in [0.25, 0.3) is 0 Å². The topological polar surface area (TPSA) is 37.4 Å². The first-order chi connectivity index (χ1) is 14.7. The molecule has 6 heteroatoms. The Kier molecular flexibility index (Phi) is 3.97. The molecule has 5 rings (SSSR count). The van der Waals surface area contributed by atoms with Gasteiger partial charge in [0.25, 0.3) is 0 Å². The van der Waals surface area contributed by atoms with Gasteiger partial charge in [-0.15, -0.1) is 0 Å². The Morgan fingerprint density at radius 1 is 0.806 bits per heavy atom. The fourth-order valence-corrected chi connectivity index (χ4v) is 5.37. The van der Waals surface area contributed by atoms with Crippen LogP contribution in [-0.2, 0) is 21.2 Å². The van der Waals surface area contributed by atoms with Crippen molar-refractivity contribution in [1.29, 1.82) is 0 Å². The Labute approximate surface area is 177 Å². The van der Waals surface area contributed by atoms with Gasteiger partial charge in [0.15, 0.2) is 0 Å². The maximum Gasteiger partial charge on any atom is 0.416 e. The van der Waals surface area contributed by atoms with Gasteiger partial charge in [0.1, 0.15) is 0 Å². The summed E-state index contributed by atoms with van der Waals surface area (Å²) in [5.74, 6) is -1.64. The predicted molar refractivity (Wildman–Crippen MR) is 109 cm³/mol. The number of hydrogen-bond donors (Lipinski definition) is 0. The fraction of sp³-hybridized carbons (Fsp3) is 0.200. The molecular weight excluding hydrogens is 403 g/mol. The summed E-state index contributed by atoms with van der Waals surface area (Å²) >= 11 is 0. The standard InChI is InChI=1S/C25H18F3NO2/c1-23-20(24(23,16-9-4-2-5-10-16)17-11-6-3-7-12-17)21(30)29(22(23)31)19-14-8-13-18(15-19)25(26,27)28/h2-15,20H,1H3/t20-,23-/m0/s1. The van der Waals surface area contributed by atoms with Gasteiger partial charge in [0.2, 0.25) is 11.8 Å². The molecule has 2 atom stereocenters. The zero-order valence-corrected chi connectivity index (χ0v) is 16.6. The van der Waals surface area contributed by atoms with E-state index in [0.29, 0.717) is 0 Å². The lowest BCUT2D eigenvalue weighted by atomic mass is 9.79. The molecule has 1 aliphatic carbocycles. The zero-order chi connectivity index (χ0) is 22.0. The highest BCUT2D eigenvalue weighted by Crippen LogP contribution is 2.76. The molecule has 31 heavy (non-hydrogen) atoms. The van der Waals surface area contributed by atoms with Gasteiger partial charge in [0, 0.05) is 5.41 Å². The summed E-state index contributed by atoms with van der Waals surface area (Å²) in [5, 5.41) is 0. The summed E-state index contributed by atoms with van der Waals surface area (Å²) in [6.45, 7) is 1.74. The predicted octanol–water partition coefficient (Wildman–Crippen LogP) is 5.20. The number of carbonyl (C=O) groups excluding carboxylic acids is 2. The molecule has 1 heterocycles. The third-order valence-corrected chi connectivity index (χ3v) is 6.75. The van der Waals surface area contributed by atoms with Crippen molar-refractivity contribution in [2.75, 3.05) is 4.90 Å². The molecular formula is C25H18F3NO2. The first-order valence-corrected chi connectivity index (χ1v) is 9.90. The number of piperidine rings is 1. The number of benzene rings is 3. The Morgan fingerprint density at radius 3 is 1.81 bits per heavy atom. The van der Waals surface area contributed by atoms with E-state index in [4.69, 9.17) is 0 Å². The first-order valence-electron chi connectivity index (χ1n) is 9.90. The lowest BCUT2D eigenvalue weighted by molar-refractivity contribution is -0.137. The van der Waals surface area contributed by atoms with E-state index in [1.807, 2.05) is 60.7 Å². The quantitative estimate of drug-likeness (QED) is 0.545. The summed E-state index contributed by atoms with van der Waals surface area (Å²) in [4.78, 5) is 28.1. The molecule has 2 aliphatic rings. The smallest absolute Gasteiger partial charge is 0.274 e. The van der Waals surface area contributed by atoms with E-state index < -0.39 is 40.3 Å². The summed E-state index contributed by atoms with van der Waals surface area (Å²) < 4.78 is 39.6. The highest BCUT2D eigenvalue weighted by Gasteiger charge is 2.86. The van der Waals surface area contributed by atoms with Crippen molar-refractivity contribution in [1.82, 2.24) is 0 Å². The molecule has 0 unspecified atom stereocenters. The number of fused-ring (bicyclic) bond motifs is 1. The van der Waals surface area contributed by atoms with Crippen LogP contribution in [0.5, 0.6) is 0 Å². The number of imide groups is 1. The third-order valence-electron chi connectivity index (χ3n) is 6.75. The van der Waals surface area contributed by atoms with Crippen LogP contribution in [-0.4, -0.2) is 11.8 Å². The molecule has 3 aromatic rings. The maximum atomic E-state index is 13.6. The zero-order valence-electron chi connectivity index (χ0n) is 16.6. The number of amides is 2. The van der Waals surface area contributed by atoms with Crippen LogP contribution < -0.4 is 4.90 Å². The summed E-state index contributed by atoms with van der Waals surface area (Å²) in [7, 11) is 0. The van der Waals surface area contributed by atoms with Crippen LogP contribution in [0.1, 0.15) is 23.6 Å². The molecule has 1 saturated carbocycles. The minimum atomic E-state index is -4.56. The van der Waals surface area contributed by atoms with Crippen LogP contribution in [0, 0.1) is 11.3 Å². The van der Waals surface area contributed by atoms with Crippen LogP contribution in [0.3, 0.4) is 0 Å². The van der Waals surface area contributed by atoms with Crippen LogP contribution in [0.2, 0.25) is 0 Å². The van der Waals surface area contributed by atoms with Gasteiger partial charge >= 0.3 is 6.18 Å². The molecule has 0 N–H and O–H groups in total. The highest BCUT2D eigenvalue weighted by molar-refractivity contribution is 6.29. The lowest BCUT2D eigenvalue weighted by Gasteiger charge is -2.29. The molecule has 3 aromatic carbocycles. The maximum absolute atomic E-state index is 13.6. The van der Waals surface area contributed by atoms with Crippen molar-refractivity contribution in [2.45, 2.75) is 18.5 Å². The number of halogens is 3. The largest absolute Gasteiger partial charge is 0.416 e. The third kappa shape index (κ3) is 2.42. The molecule has 156 valence electrons. The first kappa shape index (κ1) is 19.5. The van der Waals surface area contributed by atoms with E-state index in [0.717, 1.165) is 28.2 Å². The van der Waals surface area contributed by atoms with E-state index in [1.165, 1.54) is 12.1 Å². The van der Waals surface area contributed by atoms with Gasteiger partial charge in [-0.05, 0) is 36.2 Å². The molecule has 0 aromatic heterocycles. The van der Waals surface area contributed by atoms with E-state index in [-0.39, 0.29) is 5.69 Å². The van der Waals surface area contributed by atoms with Crippen molar-refractivity contribution >= 4 is 17.5 Å². The Balaban J connectivity index is 1.64. The number of rotatable bonds is 3. The molecule has 2 amide bonds. The van der Waals surface area contributed by atoms with E-state index in [2.05, 4.69) is 0 Å². The van der Waals surface area contributed by atoms with Crippen molar-refractivity contribution in [3.63, 3.8) is 0 Å². The normalized spacial score (nSPS) is 24.3. The molecule has 0 bridgehead atoms. The summed E-state index contributed by atoms with van der Waals surface area (Å²) in [5.41, 5.74) is -1.18. The van der Waals surface area contributed by atoms with E-state index in [9.17, 15) is 22.8 Å². The van der Waals surface area contributed by atoms with Gasteiger partial charge in [-0.3, -0.25) is 9.59 Å². The Morgan fingerprint density at radius 2 is 1.35 bits per heavy atom. The van der Waals surface area contributed by atoms with Crippen LogP contribution in [0.4, 0.5) is 18.9 Å². The van der Waals surface area contributed by atoms with Gasteiger partial charge < -0.3 is 0 Å². The molecule has 0 radical (unpaired) electrons. The lowest BCUT2D eigenvalue weighted by Crippen LogP contribution is -2.42. The number of alkyl halides is 3. The van der Waals surface area contributed by atoms with Crippen molar-refractivity contribution in [3.8, 4) is 0 Å². The van der Waals surface area contributed by atoms with Crippen LogP contribution >= 0.6 is 0 Å². The average Bonchev–Trinajstić information content (AvgIpc) is 3.29.